The highest BCUT2D eigenvalue weighted by atomic mass is 16.5. The molecule has 1 amide bonds. The van der Waals surface area contributed by atoms with Crippen molar-refractivity contribution >= 4 is 28.4 Å². The molecule has 0 unspecified atom stereocenters. The number of carbonyl (C=O) groups is 1. The molecule has 7 nitrogen and oxygen atoms in total. The third-order valence-electron chi connectivity index (χ3n) is 4.35. The lowest BCUT2D eigenvalue weighted by Gasteiger charge is -2.28. The summed E-state index contributed by atoms with van der Waals surface area (Å²) < 4.78 is 12.5. The van der Waals surface area contributed by atoms with Crippen molar-refractivity contribution in [3.63, 3.8) is 0 Å². The predicted octanol–water partition coefficient (Wildman–Crippen LogP) is 2.20. The maximum atomic E-state index is 12.8. The van der Waals surface area contributed by atoms with Crippen molar-refractivity contribution in [2.24, 2.45) is 0 Å². The van der Waals surface area contributed by atoms with Gasteiger partial charge in [0.05, 0.1) is 31.7 Å². The molecule has 4 rings (SSSR count). The largest absolute Gasteiger partial charge is 0.497 e. The van der Waals surface area contributed by atoms with Crippen LogP contribution in [0.15, 0.2) is 35.1 Å². The number of hydrogen-bond donors (Lipinski definition) is 1. The first kappa shape index (κ1) is 14.6. The van der Waals surface area contributed by atoms with Crippen molar-refractivity contribution in [1.29, 1.82) is 0 Å². The molecule has 0 saturated carbocycles. The summed E-state index contributed by atoms with van der Waals surface area (Å²) in [4.78, 5) is 14.5. The Labute approximate surface area is 138 Å². The molecular formula is C17H18N4O3. The van der Waals surface area contributed by atoms with Crippen LogP contribution in [0.25, 0.3) is 11.0 Å². The van der Waals surface area contributed by atoms with Crippen LogP contribution in [0, 0.1) is 0 Å². The van der Waals surface area contributed by atoms with Crippen molar-refractivity contribution in [1.82, 2.24) is 9.78 Å². The van der Waals surface area contributed by atoms with E-state index in [1.165, 1.54) is 0 Å². The van der Waals surface area contributed by atoms with Crippen molar-refractivity contribution < 1.29 is 13.9 Å². The number of methoxy groups -OCH3 is 1. The van der Waals surface area contributed by atoms with Gasteiger partial charge in [0, 0.05) is 30.1 Å². The number of aryl methyl sites for hydroxylation is 1. The molecule has 124 valence electrons. The highest BCUT2D eigenvalue weighted by Crippen LogP contribution is 2.29. The molecule has 0 spiro atoms. The average molecular weight is 326 g/mol. The van der Waals surface area contributed by atoms with Crippen molar-refractivity contribution in [3.05, 3.63) is 36.2 Å². The van der Waals surface area contributed by atoms with Crippen molar-refractivity contribution in [3.8, 4) is 5.75 Å². The molecule has 1 aliphatic rings. The standard InChI is InChI=1S/C17H18N4O3/c1-23-12-3-4-13-11(10-24-15(13)8-12)7-16(22)20-5-2-6-21-17(20)14(18)9-19-21/h3-4,8-10H,2,5-7,18H2,1H3. The van der Waals surface area contributed by atoms with Gasteiger partial charge < -0.3 is 14.9 Å². The molecule has 0 aliphatic carbocycles. The summed E-state index contributed by atoms with van der Waals surface area (Å²) in [6.45, 7) is 1.43. The first-order valence-corrected chi connectivity index (χ1v) is 7.83. The Hall–Kier alpha value is -2.96. The molecule has 24 heavy (non-hydrogen) atoms. The van der Waals surface area contributed by atoms with Crippen LogP contribution in [-0.4, -0.2) is 29.3 Å². The van der Waals surface area contributed by atoms with Gasteiger partial charge in [0.25, 0.3) is 0 Å². The normalized spacial score (nSPS) is 14.0. The zero-order valence-electron chi connectivity index (χ0n) is 13.4. The van der Waals surface area contributed by atoms with Gasteiger partial charge in [-0.25, -0.2) is 4.68 Å². The van der Waals surface area contributed by atoms with E-state index in [4.69, 9.17) is 14.9 Å². The number of fused-ring (bicyclic) bond motifs is 2. The van der Waals surface area contributed by atoms with E-state index < -0.39 is 0 Å². The number of benzene rings is 1. The summed E-state index contributed by atoms with van der Waals surface area (Å²) >= 11 is 0. The van der Waals surface area contributed by atoms with Crippen LogP contribution >= 0.6 is 0 Å². The second kappa shape index (κ2) is 5.59. The summed E-state index contributed by atoms with van der Waals surface area (Å²) in [5, 5.41) is 5.14. The maximum absolute atomic E-state index is 12.8. The quantitative estimate of drug-likeness (QED) is 0.797. The summed E-state index contributed by atoms with van der Waals surface area (Å²) in [5.41, 5.74) is 8.07. The molecule has 3 heterocycles. The molecule has 2 N–H and O–H groups in total. The molecule has 3 aromatic rings. The molecule has 0 saturated heterocycles. The molecule has 1 aliphatic heterocycles. The van der Waals surface area contributed by atoms with Gasteiger partial charge in [-0.05, 0) is 18.6 Å². The number of anilines is 2. The van der Waals surface area contributed by atoms with Crippen LogP contribution in [0.1, 0.15) is 12.0 Å². The molecule has 0 bridgehead atoms. The minimum absolute atomic E-state index is 0.0123. The van der Waals surface area contributed by atoms with E-state index in [0.29, 0.717) is 23.6 Å². The number of nitrogen functional groups attached to an aromatic ring is 1. The maximum Gasteiger partial charge on any atom is 0.232 e. The van der Waals surface area contributed by atoms with E-state index in [-0.39, 0.29) is 12.3 Å². The predicted molar refractivity (Wildman–Crippen MR) is 90.1 cm³/mol. The number of ether oxygens (including phenoxy) is 1. The fourth-order valence-corrected chi connectivity index (χ4v) is 3.17. The summed E-state index contributed by atoms with van der Waals surface area (Å²) in [6.07, 6.45) is 4.35. The van der Waals surface area contributed by atoms with Crippen LogP contribution in [0.3, 0.4) is 0 Å². The van der Waals surface area contributed by atoms with E-state index in [0.717, 1.165) is 29.7 Å². The Bertz CT molecular complexity index is 912. The zero-order chi connectivity index (χ0) is 16.7. The van der Waals surface area contributed by atoms with E-state index >= 15 is 0 Å². The SMILES string of the molecule is COc1ccc2c(CC(=O)N3CCCn4ncc(N)c43)coc2c1. The number of aromatic nitrogens is 2. The second-order valence-corrected chi connectivity index (χ2v) is 5.85. The van der Waals surface area contributed by atoms with Crippen LogP contribution in [0.4, 0.5) is 11.5 Å². The van der Waals surface area contributed by atoms with Crippen LogP contribution in [0.2, 0.25) is 0 Å². The first-order chi connectivity index (χ1) is 11.7. The number of nitrogens with zero attached hydrogens (tertiary/aromatic N) is 3. The molecule has 0 fully saturated rings. The molecule has 2 aromatic heterocycles. The molecule has 7 heteroatoms. The molecular weight excluding hydrogens is 308 g/mol. The summed E-state index contributed by atoms with van der Waals surface area (Å²) in [6, 6.07) is 5.59. The lowest BCUT2D eigenvalue weighted by Crippen LogP contribution is -2.38. The third kappa shape index (κ3) is 2.29. The van der Waals surface area contributed by atoms with E-state index in [1.807, 2.05) is 18.2 Å². The minimum Gasteiger partial charge on any atom is -0.497 e. The van der Waals surface area contributed by atoms with Gasteiger partial charge in [0.2, 0.25) is 5.91 Å². The van der Waals surface area contributed by atoms with Gasteiger partial charge in [-0.1, -0.05) is 0 Å². The Morgan fingerprint density at radius 3 is 3.12 bits per heavy atom. The number of carbonyl (C=O) groups excluding carboxylic acids is 1. The van der Waals surface area contributed by atoms with Gasteiger partial charge in [0.1, 0.15) is 11.3 Å². The number of hydrogen-bond acceptors (Lipinski definition) is 5. The average Bonchev–Trinajstić information content (AvgIpc) is 3.18. The minimum atomic E-state index is -0.0123. The van der Waals surface area contributed by atoms with Gasteiger partial charge >= 0.3 is 0 Å². The number of furan rings is 1. The summed E-state index contributed by atoms with van der Waals surface area (Å²) in [5.74, 6) is 1.41. The smallest absolute Gasteiger partial charge is 0.232 e. The van der Waals surface area contributed by atoms with Gasteiger partial charge in [-0.3, -0.25) is 9.69 Å². The zero-order valence-corrected chi connectivity index (χ0v) is 13.4. The van der Waals surface area contributed by atoms with Crippen molar-refractivity contribution in [2.75, 3.05) is 24.3 Å². The molecule has 0 radical (unpaired) electrons. The third-order valence-corrected chi connectivity index (χ3v) is 4.35. The number of amides is 1. The lowest BCUT2D eigenvalue weighted by molar-refractivity contribution is -0.118. The van der Waals surface area contributed by atoms with Gasteiger partial charge in [-0.2, -0.15) is 5.10 Å². The fourth-order valence-electron chi connectivity index (χ4n) is 3.17. The second-order valence-electron chi connectivity index (χ2n) is 5.85. The molecule has 1 aromatic carbocycles. The Balaban J connectivity index is 1.62. The topological polar surface area (TPSA) is 86.5 Å². The van der Waals surface area contributed by atoms with E-state index in [1.54, 1.807) is 29.2 Å². The number of nitrogens with two attached hydrogens (primary N) is 1. The van der Waals surface area contributed by atoms with Crippen molar-refractivity contribution in [2.45, 2.75) is 19.4 Å². The Morgan fingerprint density at radius 1 is 1.42 bits per heavy atom. The number of rotatable bonds is 3. The highest BCUT2D eigenvalue weighted by Gasteiger charge is 2.26. The van der Waals surface area contributed by atoms with E-state index in [2.05, 4.69) is 5.10 Å². The highest BCUT2D eigenvalue weighted by molar-refractivity contribution is 5.98. The van der Waals surface area contributed by atoms with Crippen LogP contribution in [0.5, 0.6) is 5.75 Å². The monoisotopic (exact) mass is 326 g/mol. The first-order valence-electron chi connectivity index (χ1n) is 7.83. The Kier molecular flexibility index (Phi) is 3.41. The summed E-state index contributed by atoms with van der Waals surface area (Å²) in [7, 11) is 1.61. The fraction of sp³-hybridized carbons (Fsp3) is 0.294. The van der Waals surface area contributed by atoms with Crippen LogP contribution < -0.4 is 15.4 Å². The van der Waals surface area contributed by atoms with Gasteiger partial charge in [-0.15, -0.1) is 0 Å². The van der Waals surface area contributed by atoms with E-state index in [9.17, 15) is 4.79 Å². The lowest BCUT2D eigenvalue weighted by atomic mass is 10.1. The molecule has 0 atom stereocenters. The van der Waals surface area contributed by atoms with Gasteiger partial charge in [0.15, 0.2) is 5.82 Å². The Morgan fingerprint density at radius 2 is 2.29 bits per heavy atom. The van der Waals surface area contributed by atoms with Crippen LogP contribution in [-0.2, 0) is 17.8 Å².